The molecule has 0 unspecified atom stereocenters. The highest BCUT2D eigenvalue weighted by atomic mass is 32.2. The van der Waals surface area contributed by atoms with Crippen molar-refractivity contribution in [2.45, 2.75) is 25.3 Å². The molecular weight excluding hydrogens is 458 g/mol. The van der Waals surface area contributed by atoms with Crippen LogP contribution >= 0.6 is 11.8 Å². The van der Waals surface area contributed by atoms with E-state index in [0.717, 1.165) is 32.8 Å². The Morgan fingerprint density at radius 3 is 2.46 bits per heavy atom. The van der Waals surface area contributed by atoms with Crippen LogP contribution in [0, 0.1) is 6.92 Å². The van der Waals surface area contributed by atoms with Gasteiger partial charge in [0, 0.05) is 46.3 Å². The molecule has 0 bridgehead atoms. The Morgan fingerprint density at radius 1 is 0.971 bits per heavy atom. The number of para-hydroxylation sites is 1. The van der Waals surface area contributed by atoms with Crippen molar-refractivity contribution in [3.8, 4) is 5.75 Å². The van der Waals surface area contributed by atoms with Gasteiger partial charge in [-0.05, 0) is 56.3 Å². The molecule has 1 aromatic heterocycles. The number of amides is 2. The van der Waals surface area contributed by atoms with Crippen LogP contribution in [0.5, 0.6) is 5.75 Å². The Kier molecular flexibility index (Phi) is 8.11. The summed E-state index contributed by atoms with van der Waals surface area (Å²) in [5.41, 5.74) is 3.60. The first-order valence-electron chi connectivity index (χ1n) is 11.6. The van der Waals surface area contributed by atoms with Crippen molar-refractivity contribution in [2.24, 2.45) is 0 Å². The molecule has 0 radical (unpaired) electrons. The molecule has 0 aliphatic heterocycles. The molecule has 2 amide bonds. The van der Waals surface area contributed by atoms with E-state index in [1.807, 2.05) is 74.5 Å². The van der Waals surface area contributed by atoms with Crippen LogP contribution in [-0.4, -0.2) is 35.3 Å². The number of thioether (sulfide) groups is 1. The van der Waals surface area contributed by atoms with Crippen LogP contribution < -0.4 is 15.4 Å². The van der Waals surface area contributed by atoms with Gasteiger partial charge in [-0.1, -0.05) is 35.9 Å². The van der Waals surface area contributed by atoms with E-state index in [-0.39, 0.29) is 11.8 Å². The summed E-state index contributed by atoms with van der Waals surface area (Å²) in [6.07, 6.45) is 2.05. The highest BCUT2D eigenvalue weighted by Crippen LogP contribution is 2.30. The number of carbonyl (C=O) groups excluding carboxylic acids is 2. The van der Waals surface area contributed by atoms with Crippen LogP contribution in [0.3, 0.4) is 0 Å². The molecule has 7 heteroatoms. The fraction of sp³-hybridized carbons (Fsp3) is 0.214. The summed E-state index contributed by atoms with van der Waals surface area (Å²) in [6.45, 7) is 5.68. The second-order valence-electron chi connectivity index (χ2n) is 8.12. The molecule has 0 atom stereocenters. The Bertz CT molecular complexity index is 1300. The Hall–Kier alpha value is -3.71. The number of nitrogens with one attached hydrogen (secondary N) is 2. The lowest BCUT2D eigenvalue weighted by atomic mass is 10.1. The van der Waals surface area contributed by atoms with Crippen molar-refractivity contribution in [1.82, 2.24) is 9.88 Å². The number of benzene rings is 3. The van der Waals surface area contributed by atoms with Gasteiger partial charge in [0.2, 0.25) is 5.91 Å². The van der Waals surface area contributed by atoms with E-state index in [1.165, 1.54) is 11.8 Å². The van der Waals surface area contributed by atoms with Gasteiger partial charge in [-0.25, -0.2) is 0 Å². The molecule has 4 aromatic rings. The SMILES string of the molecule is CCOc1ccc(NC(=O)CSc2cn(CCNC(=O)c3ccc(C)cc3)c3ccccc23)cc1. The Balaban J connectivity index is 1.35. The second kappa shape index (κ2) is 11.6. The van der Waals surface area contributed by atoms with Crippen LogP contribution in [-0.2, 0) is 11.3 Å². The van der Waals surface area contributed by atoms with Crippen molar-refractivity contribution in [2.75, 3.05) is 24.2 Å². The average molecular weight is 488 g/mol. The third kappa shape index (κ3) is 6.45. The van der Waals surface area contributed by atoms with Crippen LogP contribution in [0.25, 0.3) is 10.9 Å². The van der Waals surface area contributed by atoms with Gasteiger partial charge < -0.3 is 19.9 Å². The molecule has 6 nitrogen and oxygen atoms in total. The minimum Gasteiger partial charge on any atom is -0.494 e. The number of ether oxygens (including phenoxy) is 1. The maximum atomic E-state index is 12.5. The van der Waals surface area contributed by atoms with Gasteiger partial charge >= 0.3 is 0 Å². The van der Waals surface area contributed by atoms with E-state index in [2.05, 4.69) is 33.5 Å². The van der Waals surface area contributed by atoms with E-state index in [9.17, 15) is 9.59 Å². The molecule has 1 heterocycles. The smallest absolute Gasteiger partial charge is 0.251 e. The number of hydrogen-bond acceptors (Lipinski definition) is 4. The lowest BCUT2D eigenvalue weighted by Crippen LogP contribution is -2.27. The molecule has 0 spiro atoms. The summed E-state index contributed by atoms with van der Waals surface area (Å²) in [5.74, 6) is 0.928. The number of nitrogens with zero attached hydrogens (tertiary/aromatic N) is 1. The number of rotatable bonds is 10. The zero-order valence-corrected chi connectivity index (χ0v) is 20.7. The van der Waals surface area contributed by atoms with E-state index < -0.39 is 0 Å². The number of aryl methyl sites for hydroxylation is 1. The maximum Gasteiger partial charge on any atom is 0.251 e. The van der Waals surface area contributed by atoms with Gasteiger partial charge in [0.1, 0.15) is 5.75 Å². The summed E-state index contributed by atoms with van der Waals surface area (Å²) < 4.78 is 7.56. The lowest BCUT2D eigenvalue weighted by molar-refractivity contribution is -0.113. The molecular formula is C28H29N3O3S. The topological polar surface area (TPSA) is 72.4 Å². The molecule has 0 aliphatic carbocycles. The quantitative estimate of drug-likeness (QED) is 0.289. The van der Waals surface area contributed by atoms with E-state index in [0.29, 0.717) is 31.0 Å². The van der Waals surface area contributed by atoms with Crippen molar-refractivity contribution < 1.29 is 14.3 Å². The van der Waals surface area contributed by atoms with Gasteiger partial charge in [0.05, 0.1) is 12.4 Å². The molecule has 0 fully saturated rings. The van der Waals surface area contributed by atoms with Crippen molar-refractivity contribution in [3.63, 3.8) is 0 Å². The van der Waals surface area contributed by atoms with Crippen LogP contribution in [0.15, 0.2) is 83.9 Å². The van der Waals surface area contributed by atoms with Crippen molar-refractivity contribution in [1.29, 1.82) is 0 Å². The summed E-state index contributed by atoms with van der Waals surface area (Å²) in [5, 5.41) is 7.02. The fourth-order valence-electron chi connectivity index (χ4n) is 3.75. The summed E-state index contributed by atoms with van der Waals surface area (Å²) >= 11 is 1.50. The van der Waals surface area contributed by atoms with Crippen LogP contribution in [0.2, 0.25) is 0 Å². The number of hydrogen-bond donors (Lipinski definition) is 2. The molecule has 4 rings (SSSR count). The number of anilines is 1. The first-order valence-corrected chi connectivity index (χ1v) is 12.6. The molecule has 2 N–H and O–H groups in total. The molecule has 0 saturated carbocycles. The monoisotopic (exact) mass is 487 g/mol. The predicted molar refractivity (Wildman–Crippen MR) is 142 cm³/mol. The highest BCUT2D eigenvalue weighted by molar-refractivity contribution is 8.00. The van der Waals surface area contributed by atoms with Crippen molar-refractivity contribution in [3.05, 3.63) is 90.1 Å². The average Bonchev–Trinajstić information content (AvgIpc) is 3.22. The van der Waals surface area contributed by atoms with Crippen LogP contribution in [0.4, 0.5) is 5.69 Å². The number of fused-ring (bicyclic) bond motifs is 1. The summed E-state index contributed by atoms with van der Waals surface area (Å²) in [7, 11) is 0. The van der Waals surface area contributed by atoms with E-state index in [4.69, 9.17) is 4.74 Å². The number of aromatic nitrogens is 1. The normalized spacial score (nSPS) is 10.8. The summed E-state index contributed by atoms with van der Waals surface area (Å²) in [4.78, 5) is 26.0. The molecule has 3 aromatic carbocycles. The lowest BCUT2D eigenvalue weighted by Gasteiger charge is -2.08. The van der Waals surface area contributed by atoms with Gasteiger partial charge in [0.25, 0.3) is 5.91 Å². The Labute approximate surface area is 209 Å². The van der Waals surface area contributed by atoms with Gasteiger partial charge in [-0.3, -0.25) is 9.59 Å². The first-order chi connectivity index (χ1) is 17.0. The van der Waals surface area contributed by atoms with Crippen molar-refractivity contribution >= 4 is 40.2 Å². The second-order valence-corrected chi connectivity index (χ2v) is 9.14. The maximum absolute atomic E-state index is 12.5. The zero-order valence-electron chi connectivity index (χ0n) is 19.9. The number of carbonyl (C=O) groups is 2. The third-order valence-electron chi connectivity index (χ3n) is 5.51. The van der Waals surface area contributed by atoms with E-state index >= 15 is 0 Å². The zero-order chi connectivity index (χ0) is 24.6. The molecule has 0 aliphatic rings. The van der Waals surface area contributed by atoms with Gasteiger partial charge in [-0.15, -0.1) is 11.8 Å². The molecule has 35 heavy (non-hydrogen) atoms. The van der Waals surface area contributed by atoms with Crippen LogP contribution in [0.1, 0.15) is 22.8 Å². The standard InChI is InChI=1S/C28H29N3O3S/c1-3-34-23-14-12-22(13-15-23)30-27(32)19-35-26-18-31(25-7-5-4-6-24(25)26)17-16-29-28(33)21-10-8-20(2)9-11-21/h4-15,18H,3,16-17,19H2,1-2H3,(H,29,33)(H,30,32). The van der Waals surface area contributed by atoms with Gasteiger partial charge in [-0.2, -0.15) is 0 Å². The third-order valence-corrected chi connectivity index (χ3v) is 6.55. The first kappa shape index (κ1) is 24.4. The molecule has 0 saturated heterocycles. The fourth-order valence-corrected chi connectivity index (χ4v) is 4.64. The van der Waals surface area contributed by atoms with Gasteiger partial charge in [0.15, 0.2) is 0 Å². The Morgan fingerprint density at radius 2 is 1.71 bits per heavy atom. The van der Waals surface area contributed by atoms with E-state index in [1.54, 1.807) is 0 Å². The summed E-state index contributed by atoms with van der Waals surface area (Å²) in [6, 6.07) is 23.0. The minimum atomic E-state index is -0.0815. The largest absolute Gasteiger partial charge is 0.494 e. The predicted octanol–water partition coefficient (Wildman–Crippen LogP) is 5.51. The molecule has 180 valence electrons. The highest BCUT2D eigenvalue weighted by Gasteiger charge is 2.12. The minimum absolute atomic E-state index is 0.0682.